The molecule has 0 bridgehead atoms. The number of anilines is 1. The molecule has 134 valence electrons. The molecular weight excluding hydrogens is 333 g/mol. The minimum Gasteiger partial charge on any atom is -0.348 e. The van der Waals surface area contributed by atoms with Crippen LogP contribution in [0.25, 0.3) is 0 Å². The van der Waals surface area contributed by atoms with E-state index in [9.17, 15) is 4.39 Å². The monoisotopic (exact) mass is 359 g/mol. The number of nitrogens with zero attached hydrogens (tertiary/aromatic N) is 2. The number of hydrogen-bond donors (Lipinski definition) is 1. The average molecular weight is 360 g/mol. The Kier molecular flexibility index (Phi) is 4.78. The normalized spacial score (nSPS) is 23.1. The third kappa shape index (κ3) is 3.08. The second-order valence-electron chi connectivity index (χ2n) is 7.47. The molecule has 1 unspecified atom stereocenters. The van der Waals surface area contributed by atoms with E-state index < -0.39 is 0 Å². The maximum atomic E-state index is 14.7. The van der Waals surface area contributed by atoms with Crippen molar-refractivity contribution < 1.29 is 4.39 Å². The predicted molar refractivity (Wildman–Crippen MR) is 102 cm³/mol. The summed E-state index contributed by atoms with van der Waals surface area (Å²) < 4.78 is 14.7. The van der Waals surface area contributed by atoms with E-state index >= 15 is 0 Å². The molecule has 2 heterocycles. The van der Waals surface area contributed by atoms with Gasteiger partial charge in [-0.2, -0.15) is 0 Å². The fourth-order valence-corrected chi connectivity index (χ4v) is 5.46. The number of benzene rings is 1. The van der Waals surface area contributed by atoms with Crippen LogP contribution in [0.2, 0.25) is 0 Å². The summed E-state index contributed by atoms with van der Waals surface area (Å²) in [6, 6.07) is 7.28. The summed E-state index contributed by atoms with van der Waals surface area (Å²) in [6.07, 6.45) is 6.63. The Hall–Kier alpha value is -1.46. The molecule has 2 aromatic rings. The molecule has 1 atom stereocenters. The highest BCUT2D eigenvalue weighted by molar-refractivity contribution is 7.13. The standard InChI is InChI=1S/C20H26FN3S/c21-17-7-3-2-6-16(17)20(9-4-1-5-10-20)18-14-25-19(23-18)24-11-8-15(12-22)13-24/h2-3,6-7,14-15H,1,4-5,8-13,22H2. The summed E-state index contributed by atoms with van der Waals surface area (Å²) in [5.74, 6) is 0.478. The molecule has 0 amide bonds. The van der Waals surface area contributed by atoms with Crippen molar-refractivity contribution in [2.45, 2.75) is 43.9 Å². The van der Waals surface area contributed by atoms with Crippen LogP contribution in [0.3, 0.4) is 0 Å². The molecule has 2 N–H and O–H groups in total. The van der Waals surface area contributed by atoms with Crippen LogP contribution in [0.1, 0.15) is 49.8 Å². The fourth-order valence-electron chi connectivity index (χ4n) is 4.50. The van der Waals surface area contributed by atoms with Crippen molar-refractivity contribution in [2.24, 2.45) is 11.7 Å². The molecule has 2 aliphatic rings. The van der Waals surface area contributed by atoms with Gasteiger partial charge >= 0.3 is 0 Å². The van der Waals surface area contributed by atoms with E-state index in [0.29, 0.717) is 5.92 Å². The molecule has 0 spiro atoms. The first kappa shape index (κ1) is 17.0. The average Bonchev–Trinajstić information content (AvgIpc) is 3.32. The molecular formula is C20H26FN3S. The Morgan fingerprint density at radius 2 is 2.04 bits per heavy atom. The molecule has 2 fully saturated rings. The molecule has 1 aromatic carbocycles. The summed E-state index contributed by atoms with van der Waals surface area (Å²) in [5, 5.41) is 3.25. The SMILES string of the molecule is NCC1CCN(c2nc(C3(c4ccccc4F)CCCCC3)cs2)C1. The second kappa shape index (κ2) is 7.04. The van der Waals surface area contributed by atoms with Gasteiger partial charge in [-0.15, -0.1) is 11.3 Å². The molecule has 4 rings (SSSR count). The van der Waals surface area contributed by atoms with Gasteiger partial charge in [-0.3, -0.25) is 0 Å². The van der Waals surface area contributed by atoms with Crippen LogP contribution in [0.5, 0.6) is 0 Å². The maximum absolute atomic E-state index is 14.7. The first-order chi connectivity index (χ1) is 12.2. The Bertz CT molecular complexity index is 723. The van der Waals surface area contributed by atoms with Crippen LogP contribution < -0.4 is 10.6 Å². The predicted octanol–water partition coefficient (Wildman–Crippen LogP) is 4.32. The highest BCUT2D eigenvalue weighted by Crippen LogP contribution is 2.46. The second-order valence-corrected chi connectivity index (χ2v) is 8.31. The number of aromatic nitrogens is 1. The lowest BCUT2D eigenvalue weighted by molar-refractivity contribution is 0.329. The van der Waals surface area contributed by atoms with Gasteiger partial charge in [0.25, 0.3) is 0 Å². The molecule has 1 aromatic heterocycles. The molecule has 3 nitrogen and oxygen atoms in total. The van der Waals surface area contributed by atoms with E-state index in [0.717, 1.165) is 68.1 Å². The van der Waals surface area contributed by atoms with Crippen molar-refractivity contribution in [1.29, 1.82) is 0 Å². The zero-order valence-electron chi connectivity index (χ0n) is 14.6. The van der Waals surface area contributed by atoms with Crippen molar-refractivity contribution in [1.82, 2.24) is 4.98 Å². The van der Waals surface area contributed by atoms with Gasteiger partial charge in [0.15, 0.2) is 5.13 Å². The zero-order valence-corrected chi connectivity index (χ0v) is 15.4. The molecule has 5 heteroatoms. The van der Waals surface area contributed by atoms with Crippen LogP contribution in [0, 0.1) is 11.7 Å². The van der Waals surface area contributed by atoms with Gasteiger partial charge in [-0.05, 0) is 43.4 Å². The van der Waals surface area contributed by atoms with Crippen LogP contribution in [0.4, 0.5) is 9.52 Å². The molecule has 1 saturated heterocycles. The zero-order chi connectivity index (χ0) is 17.3. The first-order valence-corrected chi connectivity index (χ1v) is 10.3. The van der Waals surface area contributed by atoms with Gasteiger partial charge < -0.3 is 10.6 Å². The van der Waals surface area contributed by atoms with Crippen LogP contribution >= 0.6 is 11.3 Å². The highest BCUT2D eigenvalue weighted by Gasteiger charge is 2.40. The van der Waals surface area contributed by atoms with Gasteiger partial charge in [0, 0.05) is 23.9 Å². The van der Waals surface area contributed by atoms with E-state index in [1.165, 1.54) is 6.42 Å². The van der Waals surface area contributed by atoms with Crippen LogP contribution in [0.15, 0.2) is 29.6 Å². The highest BCUT2D eigenvalue weighted by atomic mass is 32.1. The van der Waals surface area contributed by atoms with Crippen molar-refractivity contribution in [3.05, 3.63) is 46.7 Å². The van der Waals surface area contributed by atoms with Gasteiger partial charge in [-0.25, -0.2) is 9.37 Å². The summed E-state index contributed by atoms with van der Waals surface area (Å²) in [7, 11) is 0. The Morgan fingerprint density at radius 3 is 2.76 bits per heavy atom. The number of nitrogens with two attached hydrogens (primary N) is 1. The largest absolute Gasteiger partial charge is 0.348 e. The van der Waals surface area contributed by atoms with E-state index in [4.69, 9.17) is 10.7 Å². The molecule has 25 heavy (non-hydrogen) atoms. The Morgan fingerprint density at radius 1 is 1.24 bits per heavy atom. The lowest BCUT2D eigenvalue weighted by Crippen LogP contribution is -2.32. The summed E-state index contributed by atoms with van der Waals surface area (Å²) >= 11 is 1.70. The summed E-state index contributed by atoms with van der Waals surface area (Å²) in [4.78, 5) is 7.36. The fraction of sp³-hybridized carbons (Fsp3) is 0.550. The lowest BCUT2D eigenvalue weighted by Gasteiger charge is -2.36. The van der Waals surface area contributed by atoms with Crippen LogP contribution in [-0.2, 0) is 5.41 Å². The minimum absolute atomic E-state index is 0.0941. The Balaban J connectivity index is 1.68. The van der Waals surface area contributed by atoms with Crippen molar-refractivity contribution in [2.75, 3.05) is 24.5 Å². The number of thiazole rings is 1. The van der Waals surface area contributed by atoms with Gasteiger partial charge in [0.05, 0.1) is 5.69 Å². The Labute approximate surface area is 153 Å². The van der Waals surface area contributed by atoms with E-state index in [-0.39, 0.29) is 11.2 Å². The summed E-state index contributed by atoms with van der Waals surface area (Å²) in [5.41, 5.74) is 7.46. The van der Waals surface area contributed by atoms with Gasteiger partial charge in [0.1, 0.15) is 5.82 Å². The van der Waals surface area contributed by atoms with E-state index in [1.807, 2.05) is 12.1 Å². The van der Waals surface area contributed by atoms with Crippen LogP contribution in [-0.4, -0.2) is 24.6 Å². The van der Waals surface area contributed by atoms with Crippen molar-refractivity contribution in [3.63, 3.8) is 0 Å². The molecule has 1 aliphatic heterocycles. The van der Waals surface area contributed by atoms with E-state index in [2.05, 4.69) is 10.3 Å². The lowest BCUT2D eigenvalue weighted by atomic mass is 9.67. The van der Waals surface area contributed by atoms with Crippen molar-refractivity contribution >= 4 is 16.5 Å². The minimum atomic E-state index is -0.259. The molecule has 1 saturated carbocycles. The maximum Gasteiger partial charge on any atom is 0.185 e. The quantitative estimate of drug-likeness (QED) is 0.884. The number of rotatable bonds is 4. The first-order valence-electron chi connectivity index (χ1n) is 9.39. The number of hydrogen-bond acceptors (Lipinski definition) is 4. The molecule has 0 radical (unpaired) electrons. The smallest absolute Gasteiger partial charge is 0.185 e. The number of halogens is 1. The third-order valence-corrected chi connectivity index (χ3v) is 6.87. The van der Waals surface area contributed by atoms with Crippen molar-refractivity contribution in [3.8, 4) is 0 Å². The third-order valence-electron chi connectivity index (χ3n) is 5.97. The van der Waals surface area contributed by atoms with E-state index in [1.54, 1.807) is 23.5 Å². The molecule has 1 aliphatic carbocycles. The topological polar surface area (TPSA) is 42.1 Å². The summed E-state index contributed by atoms with van der Waals surface area (Å²) in [6.45, 7) is 2.77. The van der Waals surface area contributed by atoms with Gasteiger partial charge in [-0.1, -0.05) is 37.5 Å². The van der Waals surface area contributed by atoms with Gasteiger partial charge in [0.2, 0.25) is 0 Å².